The second-order valence-electron chi connectivity index (χ2n) is 3.12. The first-order valence-corrected chi connectivity index (χ1v) is 4.38. The lowest BCUT2D eigenvalue weighted by Gasteiger charge is -2.00. The van der Waals surface area contributed by atoms with Gasteiger partial charge in [-0.25, -0.2) is 0 Å². The van der Waals surface area contributed by atoms with E-state index in [0.29, 0.717) is 5.46 Å². The van der Waals surface area contributed by atoms with Crippen LogP contribution >= 0.6 is 0 Å². The number of pyridine rings is 2. The summed E-state index contributed by atoms with van der Waals surface area (Å²) in [6.07, 6.45) is 3.41. The van der Waals surface area contributed by atoms with Crippen molar-refractivity contribution < 1.29 is 0 Å². The van der Waals surface area contributed by atoms with Crippen molar-refractivity contribution in [3.05, 3.63) is 47.0 Å². The van der Waals surface area contributed by atoms with Crippen LogP contribution in [-0.4, -0.2) is 17.8 Å². The predicted octanol–water partition coefficient (Wildman–Crippen LogP) is -0.305. The van der Waals surface area contributed by atoms with Crippen LogP contribution in [0, 0.1) is 0 Å². The minimum atomic E-state index is -0.0512. The highest BCUT2D eigenvalue weighted by Crippen LogP contribution is 2.11. The molecular formula is C10H9BN2O. The maximum Gasteiger partial charge on any atom is 0.241 e. The highest BCUT2D eigenvalue weighted by atomic mass is 16.1. The number of rotatable bonds is 1. The summed E-state index contributed by atoms with van der Waals surface area (Å²) in [4.78, 5) is 18.0. The van der Waals surface area contributed by atoms with Crippen LogP contribution in [0.3, 0.4) is 0 Å². The molecular weight excluding hydrogens is 175 g/mol. The molecule has 2 rings (SSSR count). The molecule has 0 radical (unpaired) electrons. The van der Waals surface area contributed by atoms with Crippen molar-refractivity contribution in [1.82, 2.24) is 9.97 Å². The third kappa shape index (κ3) is 1.59. The van der Waals surface area contributed by atoms with Crippen LogP contribution in [0.5, 0.6) is 0 Å². The zero-order valence-corrected chi connectivity index (χ0v) is 7.82. The van der Waals surface area contributed by atoms with E-state index in [1.165, 1.54) is 0 Å². The van der Waals surface area contributed by atoms with E-state index in [1.807, 2.05) is 24.3 Å². The van der Waals surface area contributed by atoms with Gasteiger partial charge in [-0.15, -0.1) is 0 Å². The van der Waals surface area contributed by atoms with Crippen LogP contribution in [0.1, 0.15) is 0 Å². The van der Waals surface area contributed by atoms with E-state index in [-0.39, 0.29) is 5.56 Å². The Labute approximate surface area is 82.2 Å². The van der Waals surface area contributed by atoms with Gasteiger partial charge in [-0.05, 0) is 17.6 Å². The van der Waals surface area contributed by atoms with E-state index >= 15 is 0 Å². The first kappa shape index (κ1) is 8.75. The molecule has 0 aliphatic rings. The van der Waals surface area contributed by atoms with Gasteiger partial charge in [0, 0.05) is 18.0 Å². The Kier molecular flexibility index (Phi) is 2.19. The summed E-state index contributed by atoms with van der Waals surface area (Å²) < 4.78 is 0. The average molecular weight is 184 g/mol. The Morgan fingerprint density at radius 2 is 2.21 bits per heavy atom. The molecule has 68 valence electrons. The maximum atomic E-state index is 11.1. The molecule has 4 heteroatoms. The quantitative estimate of drug-likeness (QED) is 0.618. The number of H-pyrrole nitrogens is 1. The largest absolute Gasteiger partial charge is 0.329 e. The number of nitrogens with one attached hydrogen (secondary N) is 1. The molecule has 0 atom stereocenters. The van der Waals surface area contributed by atoms with E-state index in [9.17, 15) is 4.79 Å². The number of hydrogen-bond acceptors (Lipinski definition) is 2. The van der Waals surface area contributed by atoms with E-state index in [4.69, 9.17) is 0 Å². The summed E-state index contributed by atoms with van der Waals surface area (Å²) >= 11 is 0. The lowest BCUT2D eigenvalue weighted by Crippen LogP contribution is -2.26. The SMILES string of the molecule is Bc1cc(-c2ccccn2)c[nH]c1=O. The third-order valence-electron chi connectivity index (χ3n) is 2.05. The van der Waals surface area contributed by atoms with Gasteiger partial charge in [-0.1, -0.05) is 12.1 Å². The van der Waals surface area contributed by atoms with Crippen LogP contribution in [0.15, 0.2) is 41.5 Å². The fourth-order valence-corrected chi connectivity index (χ4v) is 1.28. The van der Waals surface area contributed by atoms with Gasteiger partial charge in [0.15, 0.2) is 0 Å². The molecule has 2 heterocycles. The first-order chi connectivity index (χ1) is 6.77. The molecule has 3 nitrogen and oxygen atoms in total. The van der Waals surface area contributed by atoms with E-state index in [1.54, 1.807) is 20.2 Å². The van der Waals surface area contributed by atoms with Gasteiger partial charge in [-0.2, -0.15) is 0 Å². The molecule has 0 bridgehead atoms. The molecule has 2 aromatic heterocycles. The normalized spacial score (nSPS) is 10.0. The summed E-state index contributed by atoms with van der Waals surface area (Å²) in [5.74, 6) is 0. The summed E-state index contributed by atoms with van der Waals surface area (Å²) in [5.41, 5.74) is 2.45. The average Bonchev–Trinajstić information content (AvgIpc) is 2.23. The smallest absolute Gasteiger partial charge is 0.241 e. The molecule has 0 amide bonds. The predicted molar refractivity (Wildman–Crippen MR) is 58.5 cm³/mol. The van der Waals surface area contributed by atoms with Gasteiger partial charge in [-0.3, -0.25) is 9.78 Å². The Hall–Kier alpha value is -1.84. The Balaban J connectivity index is 2.54. The molecule has 0 unspecified atom stereocenters. The van der Waals surface area contributed by atoms with Crippen LogP contribution < -0.4 is 11.0 Å². The van der Waals surface area contributed by atoms with Gasteiger partial charge in [0.25, 0.3) is 0 Å². The molecule has 0 saturated heterocycles. The van der Waals surface area contributed by atoms with E-state index in [0.717, 1.165) is 11.3 Å². The molecule has 0 fully saturated rings. The fraction of sp³-hybridized carbons (Fsp3) is 0. The van der Waals surface area contributed by atoms with Crippen LogP contribution in [-0.2, 0) is 0 Å². The van der Waals surface area contributed by atoms with Crippen molar-refractivity contribution >= 4 is 13.3 Å². The van der Waals surface area contributed by atoms with Crippen molar-refractivity contribution in [2.45, 2.75) is 0 Å². The number of hydrogen-bond donors (Lipinski definition) is 1. The fourth-order valence-electron chi connectivity index (χ4n) is 1.28. The van der Waals surface area contributed by atoms with Gasteiger partial charge < -0.3 is 4.98 Å². The zero-order chi connectivity index (χ0) is 9.97. The van der Waals surface area contributed by atoms with Crippen LogP contribution in [0.4, 0.5) is 0 Å². The van der Waals surface area contributed by atoms with Crippen LogP contribution in [0.2, 0.25) is 0 Å². The number of aromatic nitrogens is 2. The summed E-state index contributed by atoms with van der Waals surface area (Å²) in [5, 5.41) is 0. The summed E-state index contributed by atoms with van der Waals surface area (Å²) in [6, 6.07) is 7.53. The molecule has 0 spiro atoms. The summed E-state index contributed by atoms with van der Waals surface area (Å²) in [6.45, 7) is 0. The molecule has 0 aliphatic carbocycles. The van der Waals surface area contributed by atoms with Gasteiger partial charge in [0.1, 0.15) is 7.85 Å². The minimum absolute atomic E-state index is 0.0512. The van der Waals surface area contributed by atoms with Crippen molar-refractivity contribution in [1.29, 1.82) is 0 Å². The molecule has 0 saturated carbocycles. The Bertz CT molecular complexity index is 493. The molecule has 0 aromatic carbocycles. The molecule has 2 aromatic rings. The van der Waals surface area contributed by atoms with Gasteiger partial charge in [0.05, 0.1) is 5.69 Å². The molecule has 14 heavy (non-hydrogen) atoms. The molecule has 0 aliphatic heterocycles. The van der Waals surface area contributed by atoms with Gasteiger partial charge >= 0.3 is 0 Å². The van der Waals surface area contributed by atoms with Crippen molar-refractivity contribution in [3.63, 3.8) is 0 Å². The number of nitrogens with zero attached hydrogens (tertiary/aromatic N) is 1. The lowest BCUT2D eigenvalue weighted by molar-refractivity contribution is 1.24. The maximum absolute atomic E-state index is 11.1. The van der Waals surface area contributed by atoms with E-state index < -0.39 is 0 Å². The monoisotopic (exact) mass is 184 g/mol. The second-order valence-corrected chi connectivity index (χ2v) is 3.12. The highest BCUT2D eigenvalue weighted by Gasteiger charge is 1.99. The molecule has 1 N–H and O–H groups in total. The lowest BCUT2D eigenvalue weighted by atomic mass is 9.96. The van der Waals surface area contributed by atoms with Crippen molar-refractivity contribution in [2.75, 3.05) is 0 Å². The Morgan fingerprint density at radius 3 is 2.86 bits per heavy atom. The van der Waals surface area contributed by atoms with Gasteiger partial charge in [0.2, 0.25) is 5.56 Å². The first-order valence-electron chi connectivity index (χ1n) is 4.38. The highest BCUT2D eigenvalue weighted by molar-refractivity contribution is 6.32. The van der Waals surface area contributed by atoms with E-state index in [2.05, 4.69) is 9.97 Å². The zero-order valence-electron chi connectivity index (χ0n) is 7.82. The number of aromatic amines is 1. The van der Waals surface area contributed by atoms with Crippen molar-refractivity contribution in [2.24, 2.45) is 0 Å². The second kappa shape index (κ2) is 3.50. The Morgan fingerprint density at radius 1 is 1.36 bits per heavy atom. The topological polar surface area (TPSA) is 45.8 Å². The van der Waals surface area contributed by atoms with Crippen molar-refractivity contribution in [3.8, 4) is 11.3 Å². The standard InChI is InChI=1S/C10H9BN2O/c11-8-5-7(6-13-10(8)14)9-3-1-2-4-12-9/h1-6H,11H2,(H,13,14). The summed E-state index contributed by atoms with van der Waals surface area (Å²) in [7, 11) is 1.78. The minimum Gasteiger partial charge on any atom is -0.329 e. The third-order valence-corrected chi connectivity index (χ3v) is 2.05. The van der Waals surface area contributed by atoms with Crippen LogP contribution in [0.25, 0.3) is 11.3 Å².